The zero-order valence-electron chi connectivity index (χ0n) is 12.9. The summed E-state index contributed by atoms with van der Waals surface area (Å²) < 4.78 is 1.07. The Morgan fingerprint density at radius 1 is 1.48 bits per heavy atom. The molecule has 0 aromatic heterocycles. The SMILES string of the molecule is CNC(C)c1ccc(N2CC(C(N)=O)CCC2C)c(Br)c1. The average molecular weight is 354 g/mol. The molecule has 0 saturated carbocycles. The standard InChI is InChI=1S/C16H24BrN3O/c1-10-4-5-13(16(18)21)9-20(10)15-7-6-12(8-14(15)17)11(2)19-3/h6-8,10-11,13,19H,4-5,9H2,1-3H3,(H2,18,21). The highest BCUT2D eigenvalue weighted by Gasteiger charge is 2.29. The summed E-state index contributed by atoms with van der Waals surface area (Å²) in [6, 6.07) is 7.16. The van der Waals surface area contributed by atoms with Crippen LogP contribution in [0.3, 0.4) is 0 Å². The maximum absolute atomic E-state index is 11.5. The highest BCUT2D eigenvalue weighted by molar-refractivity contribution is 9.10. The van der Waals surface area contributed by atoms with E-state index in [2.05, 4.69) is 58.2 Å². The summed E-state index contributed by atoms with van der Waals surface area (Å²) in [7, 11) is 1.96. The van der Waals surface area contributed by atoms with Gasteiger partial charge in [-0.05, 0) is 67.4 Å². The van der Waals surface area contributed by atoms with Crippen LogP contribution in [0.5, 0.6) is 0 Å². The van der Waals surface area contributed by atoms with Crippen LogP contribution in [0.25, 0.3) is 0 Å². The topological polar surface area (TPSA) is 58.4 Å². The maximum Gasteiger partial charge on any atom is 0.222 e. The molecule has 1 amide bonds. The molecule has 1 aromatic carbocycles. The molecule has 0 aliphatic carbocycles. The molecule has 4 nitrogen and oxygen atoms in total. The Kier molecular flexibility index (Phi) is 5.27. The van der Waals surface area contributed by atoms with Crippen molar-refractivity contribution in [3.63, 3.8) is 0 Å². The molecule has 5 heteroatoms. The van der Waals surface area contributed by atoms with Gasteiger partial charge in [-0.1, -0.05) is 6.07 Å². The lowest BCUT2D eigenvalue weighted by atomic mass is 9.92. The number of nitrogens with zero attached hydrogens (tertiary/aromatic N) is 1. The van der Waals surface area contributed by atoms with Gasteiger partial charge in [-0.15, -0.1) is 0 Å². The van der Waals surface area contributed by atoms with Crippen molar-refractivity contribution in [2.45, 2.75) is 38.8 Å². The molecule has 1 aromatic rings. The van der Waals surface area contributed by atoms with Gasteiger partial charge in [-0.25, -0.2) is 0 Å². The summed E-state index contributed by atoms with van der Waals surface area (Å²) in [5, 5.41) is 3.24. The summed E-state index contributed by atoms with van der Waals surface area (Å²) in [5.74, 6) is -0.243. The summed E-state index contributed by atoms with van der Waals surface area (Å²) in [5.41, 5.74) is 7.87. The lowest BCUT2D eigenvalue weighted by Gasteiger charge is -2.39. The van der Waals surface area contributed by atoms with Crippen molar-refractivity contribution in [2.24, 2.45) is 11.7 Å². The first kappa shape index (κ1) is 16.3. The van der Waals surface area contributed by atoms with Gasteiger partial charge in [-0.3, -0.25) is 4.79 Å². The van der Waals surface area contributed by atoms with E-state index < -0.39 is 0 Å². The van der Waals surface area contributed by atoms with Gasteiger partial charge in [0.25, 0.3) is 0 Å². The van der Waals surface area contributed by atoms with Gasteiger partial charge in [0.1, 0.15) is 0 Å². The Hall–Kier alpha value is -1.07. The first-order valence-electron chi connectivity index (χ1n) is 7.46. The zero-order valence-corrected chi connectivity index (χ0v) is 14.5. The Bertz CT molecular complexity index is 520. The lowest BCUT2D eigenvalue weighted by molar-refractivity contribution is -0.122. The van der Waals surface area contributed by atoms with Crippen LogP contribution in [0.1, 0.15) is 38.3 Å². The predicted octanol–water partition coefficient (Wildman–Crippen LogP) is 2.82. The largest absolute Gasteiger partial charge is 0.369 e. The van der Waals surface area contributed by atoms with Gasteiger partial charge in [-0.2, -0.15) is 0 Å². The Morgan fingerprint density at radius 3 is 2.76 bits per heavy atom. The second-order valence-electron chi connectivity index (χ2n) is 5.90. The van der Waals surface area contributed by atoms with Crippen LogP contribution in [0.4, 0.5) is 5.69 Å². The monoisotopic (exact) mass is 353 g/mol. The molecule has 1 heterocycles. The van der Waals surface area contributed by atoms with E-state index in [4.69, 9.17) is 5.73 Å². The van der Waals surface area contributed by atoms with Crippen molar-refractivity contribution < 1.29 is 4.79 Å². The average Bonchev–Trinajstić information content (AvgIpc) is 2.47. The second-order valence-corrected chi connectivity index (χ2v) is 6.75. The van der Waals surface area contributed by atoms with E-state index in [1.54, 1.807) is 0 Å². The smallest absolute Gasteiger partial charge is 0.222 e. The quantitative estimate of drug-likeness (QED) is 0.874. The number of carbonyl (C=O) groups is 1. The second kappa shape index (κ2) is 6.79. The minimum Gasteiger partial charge on any atom is -0.369 e. The van der Waals surface area contributed by atoms with Crippen LogP contribution in [0, 0.1) is 5.92 Å². The summed E-state index contributed by atoms with van der Waals surface area (Å²) in [4.78, 5) is 13.8. The highest BCUT2D eigenvalue weighted by atomic mass is 79.9. The fourth-order valence-electron chi connectivity index (χ4n) is 2.87. The van der Waals surface area contributed by atoms with Crippen LogP contribution >= 0.6 is 15.9 Å². The third-order valence-corrected chi connectivity index (χ3v) is 5.13. The van der Waals surface area contributed by atoms with Crippen molar-refractivity contribution in [2.75, 3.05) is 18.5 Å². The molecule has 0 bridgehead atoms. The molecule has 1 fully saturated rings. The Balaban J connectivity index is 2.25. The van der Waals surface area contributed by atoms with Crippen molar-refractivity contribution in [1.82, 2.24) is 5.32 Å². The van der Waals surface area contributed by atoms with Gasteiger partial charge in [0.2, 0.25) is 5.91 Å². The number of primary amides is 1. The summed E-state index contributed by atoms with van der Waals surface area (Å²) >= 11 is 3.68. The number of carbonyl (C=O) groups excluding carboxylic acids is 1. The third-order valence-electron chi connectivity index (χ3n) is 4.50. The van der Waals surface area contributed by atoms with Crippen LogP contribution < -0.4 is 16.0 Å². The first-order chi connectivity index (χ1) is 9.93. The van der Waals surface area contributed by atoms with Gasteiger partial charge in [0.15, 0.2) is 0 Å². The van der Waals surface area contributed by atoms with Crippen LogP contribution in [-0.4, -0.2) is 25.5 Å². The normalized spacial score (nSPS) is 23.9. The van der Waals surface area contributed by atoms with Crippen molar-refractivity contribution >= 4 is 27.5 Å². The molecule has 0 spiro atoms. The molecule has 0 radical (unpaired) electrons. The van der Waals surface area contributed by atoms with Crippen LogP contribution in [-0.2, 0) is 4.79 Å². The van der Waals surface area contributed by atoms with Gasteiger partial charge >= 0.3 is 0 Å². The van der Waals surface area contributed by atoms with E-state index in [1.807, 2.05) is 7.05 Å². The zero-order chi connectivity index (χ0) is 15.6. The fraction of sp³-hybridized carbons (Fsp3) is 0.562. The van der Waals surface area contributed by atoms with Crippen molar-refractivity contribution in [3.05, 3.63) is 28.2 Å². The number of amides is 1. The molecular weight excluding hydrogens is 330 g/mol. The molecule has 116 valence electrons. The molecule has 1 aliphatic rings. The van der Waals surface area contributed by atoms with E-state index in [0.29, 0.717) is 18.6 Å². The fourth-order valence-corrected chi connectivity index (χ4v) is 3.49. The molecule has 3 unspecified atom stereocenters. The molecule has 21 heavy (non-hydrogen) atoms. The number of nitrogens with two attached hydrogens (primary N) is 1. The predicted molar refractivity (Wildman–Crippen MR) is 90.3 cm³/mol. The Labute approximate surface area is 135 Å². The summed E-state index contributed by atoms with van der Waals surface area (Å²) in [6.07, 6.45) is 1.88. The molecule has 1 aliphatic heterocycles. The van der Waals surface area contributed by atoms with E-state index in [0.717, 1.165) is 23.0 Å². The number of nitrogens with one attached hydrogen (secondary N) is 1. The number of rotatable bonds is 4. The first-order valence-corrected chi connectivity index (χ1v) is 8.26. The number of halogens is 1. The van der Waals surface area contributed by atoms with Gasteiger partial charge in [0, 0.05) is 23.1 Å². The number of piperidine rings is 1. The molecule has 1 saturated heterocycles. The minimum absolute atomic E-state index is 0.0518. The molecular formula is C16H24BrN3O. The third kappa shape index (κ3) is 3.58. The van der Waals surface area contributed by atoms with Crippen LogP contribution in [0.15, 0.2) is 22.7 Å². The van der Waals surface area contributed by atoms with Gasteiger partial charge < -0.3 is 16.0 Å². The van der Waals surface area contributed by atoms with Gasteiger partial charge in [0.05, 0.1) is 11.6 Å². The van der Waals surface area contributed by atoms with Crippen molar-refractivity contribution in [3.8, 4) is 0 Å². The van der Waals surface area contributed by atoms with E-state index >= 15 is 0 Å². The number of benzene rings is 1. The van der Waals surface area contributed by atoms with E-state index in [1.165, 1.54) is 5.56 Å². The van der Waals surface area contributed by atoms with Crippen molar-refractivity contribution in [1.29, 1.82) is 0 Å². The Morgan fingerprint density at radius 2 is 2.19 bits per heavy atom. The number of anilines is 1. The van der Waals surface area contributed by atoms with E-state index in [-0.39, 0.29) is 11.8 Å². The lowest BCUT2D eigenvalue weighted by Crippen LogP contribution is -2.46. The molecule has 2 rings (SSSR count). The molecule has 3 N–H and O–H groups in total. The van der Waals surface area contributed by atoms with E-state index in [9.17, 15) is 4.79 Å². The highest BCUT2D eigenvalue weighted by Crippen LogP contribution is 2.34. The molecule has 3 atom stereocenters. The van der Waals surface area contributed by atoms with Crippen LogP contribution in [0.2, 0.25) is 0 Å². The maximum atomic E-state index is 11.5. The number of hydrogen-bond acceptors (Lipinski definition) is 3. The number of hydrogen-bond donors (Lipinski definition) is 2. The summed E-state index contributed by atoms with van der Waals surface area (Å²) in [6.45, 7) is 5.04. The minimum atomic E-state index is -0.191.